The third-order valence-electron chi connectivity index (χ3n) is 4.46. The monoisotopic (exact) mass is 413 g/mol. The molecule has 0 bridgehead atoms. The summed E-state index contributed by atoms with van der Waals surface area (Å²) in [6.45, 7) is 5.77. The zero-order chi connectivity index (χ0) is 20.1. The van der Waals surface area contributed by atoms with Gasteiger partial charge in [0, 0.05) is 17.0 Å². The summed E-state index contributed by atoms with van der Waals surface area (Å²) in [7, 11) is 4.11. The summed E-state index contributed by atoms with van der Waals surface area (Å²) in [5.41, 5.74) is 2.85. The van der Waals surface area contributed by atoms with Gasteiger partial charge in [-0.15, -0.1) is 11.8 Å². The molecular formula is C22H27N3OS2. The van der Waals surface area contributed by atoms with Crippen LogP contribution >= 0.6 is 23.1 Å². The molecule has 0 N–H and O–H groups in total. The fraction of sp³-hybridized carbons (Fsp3) is 0.364. The van der Waals surface area contributed by atoms with E-state index in [9.17, 15) is 4.79 Å². The first-order valence-corrected chi connectivity index (χ1v) is 11.4. The molecule has 4 nitrogen and oxygen atoms in total. The normalized spacial score (nSPS) is 11.3. The van der Waals surface area contributed by atoms with Gasteiger partial charge in [-0.1, -0.05) is 36.5 Å². The van der Waals surface area contributed by atoms with E-state index in [2.05, 4.69) is 51.0 Å². The molecule has 2 aromatic carbocycles. The van der Waals surface area contributed by atoms with Crippen LogP contribution in [-0.4, -0.2) is 48.7 Å². The van der Waals surface area contributed by atoms with Crippen LogP contribution in [0.2, 0.25) is 0 Å². The highest BCUT2D eigenvalue weighted by Crippen LogP contribution is 2.32. The number of aryl methyl sites for hydroxylation is 1. The van der Waals surface area contributed by atoms with E-state index >= 15 is 0 Å². The Morgan fingerprint density at radius 1 is 1.14 bits per heavy atom. The molecule has 1 amide bonds. The van der Waals surface area contributed by atoms with Crippen LogP contribution in [0.5, 0.6) is 0 Å². The minimum absolute atomic E-state index is 0.0222. The van der Waals surface area contributed by atoms with Crippen LogP contribution in [0.4, 0.5) is 5.13 Å². The van der Waals surface area contributed by atoms with Crippen LogP contribution in [0.3, 0.4) is 0 Å². The molecule has 0 saturated heterocycles. The minimum atomic E-state index is 0.0222. The number of aromatic nitrogens is 1. The lowest BCUT2D eigenvalue weighted by Crippen LogP contribution is -2.33. The Balaban J connectivity index is 1.94. The van der Waals surface area contributed by atoms with Crippen molar-refractivity contribution in [1.29, 1.82) is 0 Å². The summed E-state index contributed by atoms with van der Waals surface area (Å²) in [6.07, 6.45) is 0.900. The molecule has 1 heterocycles. The van der Waals surface area contributed by atoms with Crippen LogP contribution in [0.15, 0.2) is 47.4 Å². The van der Waals surface area contributed by atoms with Gasteiger partial charge in [-0.2, -0.15) is 0 Å². The first kappa shape index (κ1) is 20.8. The summed E-state index contributed by atoms with van der Waals surface area (Å²) in [4.78, 5) is 23.3. The smallest absolute Gasteiger partial charge is 0.260 e. The number of thioether (sulfide) groups is 1. The number of carbonyl (C=O) groups is 1. The van der Waals surface area contributed by atoms with Gasteiger partial charge in [-0.05, 0) is 69.6 Å². The molecule has 0 aliphatic heterocycles. The number of nitrogens with zero attached hydrogens (tertiary/aromatic N) is 3. The van der Waals surface area contributed by atoms with E-state index in [0.717, 1.165) is 50.1 Å². The Morgan fingerprint density at radius 2 is 1.93 bits per heavy atom. The second-order valence-electron chi connectivity index (χ2n) is 6.99. The Bertz CT molecular complexity index is 952. The van der Waals surface area contributed by atoms with Crippen molar-refractivity contribution in [3.05, 3.63) is 53.6 Å². The number of hydrogen-bond donors (Lipinski definition) is 0. The number of carbonyl (C=O) groups excluding carboxylic acids is 1. The molecule has 3 rings (SSSR count). The van der Waals surface area contributed by atoms with Gasteiger partial charge in [0.15, 0.2) is 5.13 Å². The van der Waals surface area contributed by atoms with E-state index in [1.54, 1.807) is 23.1 Å². The Hall–Kier alpha value is -1.89. The van der Waals surface area contributed by atoms with E-state index in [1.807, 2.05) is 29.2 Å². The first-order chi connectivity index (χ1) is 13.5. The first-order valence-electron chi connectivity index (χ1n) is 9.55. The number of thiazole rings is 1. The largest absolute Gasteiger partial charge is 0.309 e. The van der Waals surface area contributed by atoms with Gasteiger partial charge in [-0.25, -0.2) is 4.98 Å². The number of anilines is 1. The molecule has 6 heteroatoms. The molecule has 1 aromatic heterocycles. The molecule has 0 aliphatic carbocycles. The molecular weight excluding hydrogens is 386 g/mol. The molecule has 0 saturated carbocycles. The van der Waals surface area contributed by atoms with Crippen LogP contribution in [-0.2, 0) is 0 Å². The van der Waals surface area contributed by atoms with Gasteiger partial charge in [0.25, 0.3) is 5.91 Å². The highest BCUT2D eigenvalue weighted by atomic mass is 32.2. The molecule has 0 aliphatic rings. The molecule has 0 atom stereocenters. The number of para-hydroxylation sites is 1. The summed E-state index contributed by atoms with van der Waals surface area (Å²) >= 11 is 3.34. The zero-order valence-electron chi connectivity index (χ0n) is 16.9. The summed E-state index contributed by atoms with van der Waals surface area (Å²) in [6, 6.07) is 14.1. The van der Waals surface area contributed by atoms with Crippen molar-refractivity contribution in [3.63, 3.8) is 0 Å². The molecule has 0 spiro atoms. The van der Waals surface area contributed by atoms with Crippen molar-refractivity contribution in [3.8, 4) is 0 Å². The SMILES string of the molecule is CCSc1cccc(C(=O)N(CCCN(C)C)c2nc3c(C)cccc3s2)c1. The predicted molar refractivity (Wildman–Crippen MR) is 122 cm³/mol. The van der Waals surface area contributed by atoms with Gasteiger partial charge in [0.1, 0.15) is 0 Å². The lowest BCUT2D eigenvalue weighted by atomic mass is 10.2. The molecule has 148 valence electrons. The van der Waals surface area contributed by atoms with E-state index in [4.69, 9.17) is 4.98 Å². The predicted octanol–water partition coefficient (Wildman–Crippen LogP) is 5.32. The number of amides is 1. The minimum Gasteiger partial charge on any atom is -0.309 e. The third-order valence-corrected chi connectivity index (χ3v) is 6.38. The highest BCUT2D eigenvalue weighted by Gasteiger charge is 2.22. The molecule has 0 unspecified atom stereocenters. The zero-order valence-corrected chi connectivity index (χ0v) is 18.6. The van der Waals surface area contributed by atoms with Crippen molar-refractivity contribution in [2.45, 2.75) is 25.2 Å². The maximum absolute atomic E-state index is 13.4. The standard InChI is InChI=1S/C22H27N3OS2/c1-5-27-18-11-7-10-17(15-18)21(26)25(14-8-13-24(3)4)22-23-20-16(2)9-6-12-19(20)28-22/h6-7,9-12,15H,5,8,13-14H2,1-4H3. The Labute approximate surface area is 175 Å². The topological polar surface area (TPSA) is 36.4 Å². The van der Waals surface area contributed by atoms with Gasteiger partial charge < -0.3 is 4.90 Å². The summed E-state index contributed by atoms with van der Waals surface area (Å²) < 4.78 is 1.12. The Kier molecular flexibility index (Phi) is 7.10. The lowest BCUT2D eigenvalue weighted by molar-refractivity contribution is 0.0986. The quantitative estimate of drug-likeness (QED) is 0.469. The molecule has 0 fully saturated rings. The summed E-state index contributed by atoms with van der Waals surface area (Å²) in [5.74, 6) is 1.01. The summed E-state index contributed by atoms with van der Waals surface area (Å²) in [5, 5.41) is 0.779. The number of rotatable bonds is 8. The lowest BCUT2D eigenvalue weighted by Gasteiger charge is -2.21. The van der Waals surface area contributed by atoms with Crippen molar-refractivity contribution in [1.82, 2.24) is 9.88 Å². The van der Waals surface area contributed by atoms with Crippen molar-refractivity contribution >= 4 is 44.4 Å². The molecule has 3 aromatic rings. The average Bonchev–Trinajstić information content (AvgIpc) is 3.10. The van der Waals surface area contributed by atoms with Gasteiger partial charge in [0.05, 0.1) is 10.2 Å². The van der Waals surface area contributed by atoms with E-state index in [-0.39, 0.29) is 5.91 Å². The Morgan fingerprint density at radius 3 is 2.64 bits per heavy atom. The third kappa shape index (κ3) is 4.93. The van der Waals surface area contributed by atoms with Gasteiger partial charge >= 0.3 is 0 Å². The second-order valence-corrected chi connectivity index (χ2v) is 9.34. The van der Waals surface area contributed by atoms with Gasteiger partial charge in [0.2, 0.25) is 0 Å². The van der Waals surface area contributed by atoms with Gasteiger partial charge in [-0.3, -0.25) is 9.69 Å². The molecule has 0 radical (unpaired) electrons. The average molecular weight is 414 g/mol. The van der Waals surface area contributed by atoms with E-state index in [0.29, 0.717) is 6.54 Å². The number of hydrogen-bond acceptors (Lipinski definition) is 5. The highest BCUT2D eigenvalue weighted by molar-refractivity contribution is 7.99. The second kappa shape index (κ2) is 9.54. The van der Waals surface area contributed by atoms with E-state index in [1.165, 1.54) is 0 Å². The fourth-order valence-corrected chi connectivity index (χ4v) is 4.85. The van der Waals surface area contributed by atoms with Crippen molar-refractivity contribution < 1.29 is 4.79 Å². The maximum Gasteiger partial charge on any atom is 0.260 e. The number of fused-ring (bicyclic) bond motifs is 1. The maximum atomic E-state index is 13.4. The van der Waals surface area contributed by atoms with Crippen molar-refractivity contribution in [2.24, 2.45) is 0 Å². The van der Waals surface area contributed by atoms with Crippen LogP contribution in [0, 0.1) is 6.92 Å². The van der Waals surface area contributed by atoms with Crippen molar-refractivity contribution in [2.75, 3.05) is 37.8 Å². The fourth-order valence-electron chi connectivity index (χ4n) is 3.06. The van der Waals surface area contributed by atoms with Crippen LogP contribution in [0.1, 0.15) is 29.3 Å². The number of benzene rings is 2. The molecule has 28 heavy (non-hydrogen) atoms. The van der Waals surface area contributed by atoms with E-state index < -0.39 is 0 Å². The van der Waals surface area contributed by atoms with Crippen LogP contribution in [0.25, 0.3) is 10.2 Å². The van der Waals surface area contributed by atoms with Crippen LogP contribution < -0.4 is 4.90 Å².